The van der Waals surface area contributed by atoms with Crippen LogP contribution in [0.5, 0.6) is 0 Å². The number of carbonyl (C=O) groups is 2. The number of carbonyl (C=O) groups excluding carboxylic acids is 2. The van der Waals surface area contributed by atoms with Gasteiger partial charge in [0.15, 0.2) is 0 Å². The van der Waals surface area contributed by atoms with Gasteiger partial charge in [0.1, 0.15) is 5.69 Å². The van der Waals surface area contributed by atoms with Crippen LogP contribution in [-0.4, -0.2) is 59.3 Å². The fourth-order valence-corrected chi connectivity index (χ4v) is 3.77. The van der Waals surface area contributed by atoms with E-state index in [1.54, 1.807) is 18.2 Å². The summed E-state index contributed by atoms with van der Waals surface area (Å²) in [7, 11) is 0. The summed E-state index contributed by atoms with van der Waals surface area (Å²) in [5, 5.41) is 4.50. The molecule has 29 heavy (non-hydrogen) atoms. The van der Waals surface area contributed by atoms with E-state index in [0.717, 1.165) is 24.0 Å². The number of H-pyrrole nitrogens is 1. The van der Waals surface area contributed by atoms with Crippen molar-refractivity contribution in [2.45, 2.75) is 6.42 Å². The van der Waals surface area contributed by atoms with Crippen molar-refractivity contribution in [3.05, 3.63) is 65.3 Å². The number of halogens is 1. The molecule has 0 aliphatic carbocycles. The van der Waals surface area contributed by atoms with Gasteiger partial charge < -0.3 is 15.2 Å². The Bertz CT molecular complexity index is 991. The largest absolute Gasteiger partial charge is 0.351 e. The predicted octanol–water partition coefficient (Wildman–Crippen LogP) is 3.61. The monoisotopic (exact) mass is 410 g/mol. The van der Waals surface area contributed by atoms with E-state index < -0.39 is 0 Å². The van der Waals surface area contributed by atoms with E-state index in [1.165, 1.54) is 0 Å². The Hall–Kier alpha value is -2.83. The molecule has 2 amide bonds. The molecule has 2 N–H and O–H groups in total. The minimum atomic E-state index is -0.0381. The molecule has 0 unspecified atom stereocenters. The van der Waals surface area contributed by atoms with Crippen molar-refractivity contribution in [2.75, 3.05) is 38.0 Å². The van der Waals surface area contributed by atoms with Crippen LogP contribution in [0.4, 0.5) is 5.69 Å². The smallest absolute Gasteiger partial charge is 0.270 e. The molecule has 6 nitrogen and oxygen atoms in total. The summed E-state index contributed by atoms with van der Waals surface area (Å²) >= 11 is 5.94. The molecule has 1 aliphatic heterocycles. The number of benzene rings is 2. The number of amides is 2. The lowest BCUT2D eigenvalue weighted by molar-refractivity contribution is -0.116. The molecule has 0 saturated carbocycles. The molecule has 7 heteroatoms. The van der Waals surface area contributed by atoms with Gasteiger partial charge in [0, 0.05) is 60.8 Å². The second kappa shape index (κ2) is 8.68. The second-order valence-electron chi connectivity index (χ2n) is 7.21. The van der Waals surface area contributed by atoms with Gasteiger partial charge in [0.25, 0.3) is 5.91 Å². The maximum Gasteiger partial charge on any atom is 0.270 e. The van der Waals surface area contributed by atoms with E-state index in [2.05, 4.69) is 15.2 Å². The van der Waals surface area contributed by atoms with Crippen molar-refractivity contribution in [3.63, 3.8) is 0 Å². The number of hydrogen-bond acceptors (Lipinski definition) is 3. The van der Waals surface area contributed by atoms with Crippen LogP contribution >= 0.6 is 11.6 Å². The highest BCUT2D eigenvalue weighted by Gasteiger charge is 2.23. The number of fused-ring (bicyclic) bond motifs is 1. The lowest BCUT2D eigenvalue weighted by Crippen LogP contribution is -2.49. The molecular formula is C22H23ClN4O2. The number of aromatic amines is 1. The fraction of sp³-hybridized carbons (Fsp3) is 0.273. The third-order valence-electron chi connectivity index (χ3n) is 5.18. The highest BCUT2D eigenvalue weighted by atomic mass is 35.5. The Kier molecular flexibility index (Phi) is 5.83. The Balaban J connectivity index is 1.25. The van der Waals surface area contributed by atoms with E-state index in [9.17, 15) is 9.59 Å². The molecule has 1 aliphatic rings. The van der Waals surface area contributed by atoms with E-state index >= 15 is 0 Å². The van der Waals surface area contributed by atoms with Gasteiger partial charge in [0.2, 0.25) is 5.91 Å². The van der Waals surface area contributed by atoms with Crippen molar-refractivity contribution in [1.29, 1.82) is 0 Å². The van der Waals surface area contributed by atoms with Crippen molar-refractivity contribution >= 4 is 40.0 Å². The Morgan fingerprint density at radius 1 is 1.00 bits per heavy atom. The topological polar surface area (TPSA) is 68.4 Å². The van der Waals surface area contributed by atoms with Crippen molar-refractivity contribution < 1.29 is 9.59 Å². The van der Waals surface area contributed by atoms with Crippen LogP contribution < -0.4 is 5.32 Å². The van der Waals surface area contributed by atoms with Crippen LogP contribution in [0.15, 0.2) is 54.6 Å². The van der Waals surface area contributed by atoms with E-state index in [-0.39, 0.29) is 11.8 Å². The van der Waals surface area contributed by atoms with Crippen molar-refractivity contribution in [1.82, 2.24) is 14.8 Å². The summed E-state index contributed by atoms with van der Waals surface area (Å²) in [5.41, 5.74) is 2.30. The first-order valence-electron chi connectivity index (χ1n) is 9.73. The number of nitrogens with zero attached hydrogens (tertiary/aromatic N) is 2. The maximum absolute atomic E-state index is 12.8. The highest BCUT2D eigenvalue weighted by Crippen LogP contribution is 2.17. The molecule has 2 heterocycles. The molecule has 1 aromatic heterocycles. The zero-order valence-corrected chi connectivity index (χ0v) is 16.8. The van der Waals surface area contributed by atoms with Gasteiger partial charge in [-0.1, -0.05) is 35.9 Å². The summed E-state index contributed by atoms with van der Waals surface area (Å²) in [4.78, 5) is 32.2. The molecule has 2 aromatic carbocycles. The third kappa shape index (κ3) is 4.78. The van der Waals surface area contributed by atoms with Gasteiger partial charge in [-0.05, 0) is 30.3 Å². The zero-order valence-electron chi connectivity index (χ0n) is 16.0. The summed E-state index contributed by atoms with van der Waals surface area (Å²) in [5.74, 6) is -0.0107. The average Bonchev–Trinajstić information content (AvgIpc) is 3.16. The normalized spacial score (nSPS) is 14.9. The maximum atomic E-state index is 12.8. The standard InChI is InChI=1S/C22H23ClN4O2/c23-17-5-3-6-18(15-17)24-21(28)8-9-26-10-12-27(13-11-26)22(29)20-14-16-4-1-2-7-19(16)25-20/h1-7,14-15,25H,8-13H2,(H,24,28). The number of piperazine rings is 1. The molecule has 4 rings (SSSR count). The predicted molar refractivity (Wildman–Crippen MR) is 115 cm³/mol. The quantitative estimate of drug-likeness (QED) is 0.675. The number of rotatable bonds is 5. The minimum absolute atomic E-state index is 0.0274. The molecular weight excluding hydrogens is 388 g/mol. The van der Waals surface area contributed by atoms with Crippen LogP contribution in [0.2, 0.25) is 5.02 Å². The van der Waals surface area contributed by atoms with Gasteiger partial charge in [-0.2, -0.15) is 0 Å². The van der Waals surface area contributed by atoms with E-state index in [4.69, 9.17) is 11.6 Å². The molecule has 0 bridgehead atoms. The number of nitrogens with one attached hydrogen (secondary N) is 2. The van der Waals surface area contributed by atoms with Crippen molar-refractivity contribution in [2.24, 2.45) is 0 Å². The molecule has 0 spiro atoms. The fourth-order valence-electron chi connectivity index (χ4n) is 3.58. The minimum Gasteiger partial charge on any atom is -0.351 e. The molecule has 0 radical (unpaired) electrons. The first kappa shape index (κ1) is 19.5. The zero-order chi connectivity index (χ0) is 20.2. The lowest BCUT2D eigenvalue weighted by Gasteiger charge is -2.34. The van der Waals surface area contributed by atoms with Gasteiger partial charge in [-0.3, -0.25) is 14.5 Å². The molecule has 150 valence electrons. The van der Waals surface area contributed by atoms with Gasteiger partial charge in [-0.15, -0.1) is 0 Å². The van der Waals surface area contributed by atoms with Gasteiger partial charge in [0.05, 0.1) is 0 Å². The summed E-state index contributed by atoms with van der Waals surface area (Å²) in [6, 6.07) is 16.9. The van der Waals surface area contributed by atoms with Crippen LogP contribution in [0.1, 0.15) is 16.9 Å². The number of hydrogen-bond donors (Lipinski definition) is 2. The number of aromatic nitrogens is 1. The van der Waals surface area contributed by atoms with Crippen LogP contribution in [0.25, 0.3) is 10.9 Å². The Morgan fingerprint density at radius 2 is 1.79 bits per heavy atom. The van der Waals surface area contributed by atoms with Crippen molar-refractivity contribution in [3.8, 4) is 0 Å². The molecule has 3 aromatic rings. The van der Waals surface area contributed by atoms with Gasteiger partial charge >= 0.3 is 0 Å². The molecule has 1 fully saturated rings. The highest BCUT2D eigenvalue weighted by molar-refractivity contribution is 6.30. The molecule has 1 saturated heterocycles. The Labute approximate surface area is 174 Å². The summed E-state index contributed by atoms with van der Waals surface area (Å²) < 4.78 is 0. The first-order valence-corrected chi connectivity index (χ1v) is 10.1. The van der Waals surface area contributed by atoms with E-state index in [1.807, 2.05) is 41.3 Å². The second-order valence-corrected chi connectivity index (χ2v) is 7.65. The molecule has 0 atom stereocenters. The lowest BCUT2D eigenvalue weighted by atomic mass is 10.2. The first-order chi connectivity index (χ1) is 14.1. The SMILES string of the molecule is O=C(CCN1CCN(C(=O)c2cc3ccccc3[nH]2)CC1)Nc1cccc(Cl)c1. The van der Waals surface area contributed by atoms with E-state index in [0.29, 0.717) is 42.5 Å². The van der Waals surface area contributed by atoms with Crippen LogP contribution in [-0.2, 0) is 4.79 Å². The summed E-state index contributed by atoms with van der Waals surface area (Å²) in [6.07, 6.45) is 0.405. The number of anilines is 1. The van der Waals surface area contributed by atoms with Gasteiger partial charge in [-0.25, -0.2) is 0 Å². The summed E-state index contributed by atoms with van der Waals surface area (Å²) in [6.45, 7) is 3.50. The Morgan fingerprint density at radius 3 is 2.55 bits per heavy atom. The number of para-hydroxylation sites is 1. The average molecular weight is 411 g/mol. The van der Waals surface area contributed by atoms with Crippen LogP contribution in [0.3, 0.4) is 0 Å². The van der Waals surface area contributed by atoms with Crippen LogP contribution in [0, 0.1) is 0 Å². The third-order valence-corrected chi connectivity index (χ3v) is 5.42.